The van der Waals surface area contributed by atoms with Crippen LogP contribution in [0.4, 0.5) is 0 Å². The van der Waals surface area contributed by atoms with Crippen LogP contribution in [0.15, 0.2) is 0 Å². The summed E-state index contributed by atoms with van der Waals surface area (Å²) in [4.78, 5) is 16.4. The molecule has 0 unspecified atom stereocenters. The molecule has 1 rings (SSSR count). The van der Waals surface area contributed by atoms with Gasteiger partial charge in [0.15, 0.2) is 0 Å². The first-order valence-electron chi connectivity index (χ1n) is 6.76. The molecule has 0 saturated carbocycles. The molecule has 0 spiro atoms. The normalized spacial score (nSPS) is 24.2. The molecule has 5 nitrogen and oxygen atoms in total. The Kier molecular flexibility index (Phi) is 6.05. The highest BCUT2D eigenvalue weighted by Gasteiger charge is 2.24. The molecule has 0 bridgehead atoms. The van der Waals surface area contributed by atoms with Gasteiger partial charge in [0.1, 0.15) is 0 Å². The number of rotatable bonds is 5. The molecular weight excluding hydrogens is 230 g/mol. The van der Waals surface area contributed by atoms with Gasteiger partial charge in [0, 0.05) is 25.7 Å². The molecule has 0 radical (unpaired) electrons. The number of nitrogens with one attached hydrogen (secondary N) is 1. The smallest absolute Gasteiger partial charge is 0.234 e. The van der Waals surface area contributed by atoms with Gasteiger partial charge in [-0.15, -0.1) is 0 Å². The summed E-state index contributed by atoms with van der Waals surface area (Å²) >= 11 is 0. The third-order valence-electron chi connectivity index (χ3n) is 3.66. The first-order chi connectivity index (χ1) is 8.43. The van der Waals surface area contributed by atoms with E-state index in [4.69, 9.17) is 0 Å². The van der Waals surface area contributed by atoms with Crippen molar-refractivity contribution in [1.82, 2.24) is 15.1 Å². The molecule has 2 N–H and O–H groups in total. The second-order valence-electron chi connectivity index (χ2n) is 5.68. The maximum atomic E-state index is 11.9. The Morgan fingerprint density at radius 2 is 2.11 bits per heavy atom. The van der Waals surface area contributed by atoms with Crippen molar-refractivity contribution in [2.45, 2.75) is 32.9 Å². The van der Waals surface area contributed by atoms with Crippen LogP contribution in [0.5, 0.6) is 0 Å². The Bertz CT molecular complexity index is 271. The lowest BCUT2D eigenvalue weighted by molar-refractivity contribution is -0.124. The minimum absolute atomic E-state index is 0.00168. The van der Waals surface area contributed by atoms with Crippen LogP contribution in [0, 0.1) is 5.92 Å². The third kappa shape index (κ3) is 4.55. The van der Waals surface area contributed by atoms with Crippen LogP contribution in [0.2, 0.25) is 0 Å². The molecule has 0 aromatic heterocycles. The van der Waals surface area contributed by atoms with Gasteiger partial charge >= 0.3 is 0 Å². The van der Waals surface area contributed by atoms with E-state index < -0.39 is 0 Å². The first kappa shape index (κ1) is 15.4. The maximum absolute atomic E-state index is 11.9. The molecule has 1 aliphatic heterocycles. The molecule has 0 aliphatic carbocycles. The van der Waals surface area contributed by atoms with Crippen LogP contribution >= 0.6 is 0 Å². The topological polar surface area (TPSA) is 55.8 Å². The summed E-state index contributed by atoms with van der Waals surface area (Å²) in [5.74, 6) is 0.267. The highest BCUT2D eigenvalue weighted by atomic mass is 16.3. The number of nitrogens with zero attached hydrogens (tertiary/aromatic N) is 2. The number of amides is 1. The molecule has 1 aliphatic rings. The van der Waals surface area contributed by atoms with E-state index >= 15 is 0 Å². The Morgan fingerprint density at radius 1 is 1.44 bits per heavy atom. The van der Waals surface area contributed by atoms with E-state index in [0.29, 0.717) is 12.6 Å². The number of carbonyl (C=O) groups is 1. The summed E-state index contributed by atoms with van der Waals surface area (Å²) in [5.41, 5.74) is 0. The average Bonchev–Trinajstić information content (AvgIpc) is 2.29. The van der Waals surface area contributed by atoms with Crippen molar-refractivity contribution in [2.24, 2.45) is 5.92 Å². The lowest BCUT2D eigenvalue weighted by Gasteiger charge is -2.38. The highest BCUT2D eigenvalue weighted by molar-refractivity contribution is 5.78. The van der Waals surface area contributed by atoms with E-state index in [9.17, 15) is 9.90 Å². The number of aliphatic hydroxyl groups is 1. The molecule has 18 heavy (non-hydrogen) atoms. The van der Waals surface area contributed by atoms with Gasteiger partial charge in [0.05, 0.1) is 19.2 Å². The number of piperazine rings is 1. The molecule has 2 atom stereocenters. The predicted octanol–water partition coefficient (Wildman–Crippen LogP) is -0.245. The van der Waals surface area contributed by atoms with Crippen LogP contribution in [0.3, 0.4) is 0 Å². The average molecular weight is 257 g/mol. The summed E-state index contributed by atoms with van der Waals surface area (Å²) in [6.45, 7) is 9.51. The number of aliphatic hydroxyl groups excluding tert-OH is 1. The van der Waals surface area contributed by atoms with E-state index in [-0.39, 0.29) is 24.5 Å². The second-order valence-corrected chi connectivity index (χ2v) is 5.68. The van der Waals surface area contributed by atoms with Crippen molar-refractivity contribution in [3.05, 3.63) is 0 Å². The minimum atomic E-state index is -0.139. The molecular formula is C13H27N3O2. The molecule has 1 saturated heterocycles. The zero-order chi connectivity index (χ0) is 13.7. The molecule has 5 heteroatoms. The zero-order valence-electron chi connectivity index (χ0n) is 12.0. The lowest BCUT2D eigenvalue weighted by atomic mass is 10.1. The summed E-state index contributed by atoms with van der Waals surface area (Å²) in [6, 6.07) is 0.265. The summed E-state index contributed by atoms with van der Waals surface area (Å²) in [7, 11) is 2.11. The fourth-order valence-electron chi connectivity index (χ4n) is 2.27. The Hall–Kier alpha value is -0.650. The molecule has 0 aromatic carbocycles. The van der Waals surface area contributed by atoms with Gasteiger partial charge in [0.2, 0.25) is 5.91 Å². The maximum Gasteiger partial charge on any atom is 0.234 e. The van der Waals surface area contributed by atoms with E-state index in [1.165, 1.54) is 0 Å². The quantitative estimate of drug-likeness (QED) is 0.713. The number of hydrogen-bond acceptors (Lipinski definition) is 4. The number of hydrogen-bond donors (Lipinski definition) is 2. The van der Waals surface area contributed by atoms with E-state index in [0.717, 1.165) is 19.6 Å². The van der Waals surface area contributed by atoms with Gasteiger partial charge in [-0.3, -0.25) is 9.69 Å². The Balaban J connectivity index is 2.40. The predicted molar refractivity (Wildman–Crippen MR) is 72.4 cm³/mol. The Labute approximate surface area is 110 Å². The van der Waals surface area contributed by atoms with Crippen LogP contribution in [0.1, 0.15) is 20.8 Å². The van der Waals surface area contributed by atoms with Crippen molar-refractivity contribution >= 4 is 5.91 Å². The lowest BCUT2D eigenvalue weighted by Crippen LogP contribution is -2.54. The van der Waals surface area contributed by atoms with Crippen LogP contribution in [-0.4, -0.2) is 72.7 Å². The van der Waals surface area contributed by atoms with E-state index in [1.54, 1.807) is 0 Å². The monoisotopic (exact) mass is 257 g/mol. The van der Waals surface area contributed by atoms with Gasteiger partial charge in [-0.05, 0) is 19.9 Å². The van der Waals surface area contributed by atoms with Crippen molar-refractivity contribution in [3.63, 3.8) is 0 Å². The summed E-state index contributed by atoms with van der Waals surface area (Å²) in [5, 5.41) is 12.1. The summed E-state index contributed by atoms with van der Waals surface area (Å²) < 4.78 is 0. The fraction of sp³-hybridized carbons (Fsp3) is 0.923. The van der Waals surface area contributed by atoms with Gasteiger partial charge in [0.25, 0.3) is 0 Å². The molecule has 106 valence electrons. The number of likely N-dealkylation sites (N-methyl/N-ethyl adjacent to an activating group) is 1. The largest absolute Gasteiger partial charge is 0.394 e. The number of carbonyl (C=O) groups excluding carboxylic acids is 1. The molecule has 0 aromatic rings. The second kappa shape index (κ2) is 7.07. The standard InChI is InChI=1S/C13H27N3O2/c1-10(2)12(9-17)14-13(18)8-16-6-5-15(4)7-11(16)3/h10-12,17H,5-9H2,1-4H3,(H,14,18)/t11-,12-/m1/s1. The fourth-order valence-corrected chi connectivity index (χ4v) is 2.27. The third-order valence-corrected chi connectivity index (χ3v) is 3.66. The van der Waals surface area contributed by atoms with Gasteiger partial charge in [-0.25, -0.2) is 0 Å². The van der Waals surface area contributed by atoms with Gasteiger partial charge in [-0.1, -0.05) is 13.8 Å². The van der Waals surface area contributed by atoms with E-state index in [1.807, 2.05) is 13.8 Å². The molecule has 1 amide bonds. The van der Waals surface area contributed by atoms with Crippen molar-refractivity contribution in [3.8, 4) is 0 Å². The Morgan fingerprint density at radius 3 is 2.61 bits per heavy atom. The first-order valence-corrected chi connectivity index (χ1v) is 6.76. The van der Waals surface area contributed by atoms with Gasteiger partial charge < -0.3 is 15.3 Å². The SMILES string of the molecule is CC(C)[C@@H](CO)NC(=O)CN1CCN(C)C[C@H]1C. The van der Waals surface area contributed by atoms with Crippen LogP contribution in [0.25, 0.3) is 0 Å². The van der Waals surface area contributed by atoms with Crippen molar-refractivity contribution < 1.29 is 9.90 Å². The minimum Gasteiger partial charge on any atom is -0.394 e. The van der Waals surface area contributed by atoms with Crippen molar-refractivity contribution in [2.75, 3.05) is 39.8 Å². The van der Waals surface area contributed by atoms with Crippen molar-refractivity contribution in [1.29, 1.82) is 0 Å². The molecule has 1 heterocycles. The van der Waals surface area contributed by atoms with Gasteiger partial charge in [-0.2, -0.15) is 0 Å². The summed E-state index contributed by atoms with van der Waals surface area (Å²) in [6.07, 6.45) is 0. The molecule has 1 fully saturated rings. The highest BCUT2D eigenvalue weighted by Crippen LogP contribution is 2.07. The zero-order valence-corrected chi connectivity index (χ0v) is 12.0. The van der Waals surface area contributed by atoms with E-state index in [2.05, 4.69) is 29.1 Å². The van der Waals surface area contributed by atoms with Crippen LogP contribution < -0.4 is 5.32 Å². The van der Waals surface area contributed by atoms with Crippen LogP contribution in [-0.2, 0) is 4.79 Å².